The topological polar surface area (TPSA) is 76.6 Å². The van der Waals surface area contributed by atoms with Crippen molar-refractivity contribution >= 4 is 11.6 Å². The van der Waals surface area contributed by atoms with Gasteiger partial charge in [0.1, 0.15) is 5.76 Å². The standard InChI is InChI=1S/C17H18N2O4/c1-12-7-9-18(10-8-12)17(20)16-6-5-15(23-16)13-3-2-4-14(11-13)19(21)22/h2-6,11-12H,7-10H2,1H3. The predicted molar refractivity (Wildman–Crippen MR) is 85.1 cm³/mol. The molecule has 0 aliphatic carbocycles. The van der Waals surface area contributed by atoms with Crippen molar-refractivity contribution in [1.82, 2.24) is 4.90 Å². The summed E-state index contributed by atoms with van der Waals surface area (Å²) >= 11 is 0. The molecule has 23 heavy (non-hydrogen) atoms. The molecule has 0 N–H and O–H groups in total. The van der Waals surface area contributed by atoms with Crippen molar-refractivity contribution in [1.29, 1.82) is 0 Å². The number of carbonyl (C=O) groups is 1. The average Bonchev–Trinajstić information content (AvgIpc) is 3.05. The Kier molecular flexibility index (Phi) is 4.14. The van der Waals surface area contributed by atoms with Crippen LogP contribution in [0.5, 0.6) is 0 Å². The summed E-state index contributed by atoms with van der Waals surface area (Å²) in [4.78, 5) is 24.6. The molecule has 6 heteroatoms. The summed E-state index contributed by atoms with van der Waals surface area (Å²) in [6, 6.07) is 9.50. The highest BCUT2D eigenvalue weighted by Gasteiger charge is 2.24. The minimum Gasteiger partial charge on any atom is -0.451 e. The van der Waals surface area contributed by atoms with Crippen LogP contribution in [0.2, 0.25) is 0 Å². The van der Waals surface area contributed by atoms with Crippen LogP contribution in [-0.4, -0.2) is 28.8 Å². The van der Waals surface area contributed by atoms with Gasteiger partial charge in [0.2, 0.25) is 0 Å². The summed E-state index contributed by atoms with van der Waals surface area (Å²) in [6.07, 6.45) is 2.01. The summed E-state index contributed by atoms with van der Waals surface area (Å²) in [7, 11) is 0. The number of furan rings is 1. The molecule has 1 fully saturated rings. The SMILES string of the molecule is CC1CCN(C(=O)c2ccc(-c3cccc([N+](=O)[O-])c3)o2)CC1. The van der Waals surface area contributed by atoms with Crippen molar-refractivity contribution in [2.24, 2.45) is 5.92 Å². The van der Waals surface area contributed by atoms with Crippen molar-refractivity contribution in [2.45, 2.75) is 19.8 Å². The second-order valence-electron chi connectivity index (χ2n) is 5.95. The fraction of sp³-hybridized carbons (Fsp3) is 0.353. The Hall–Kier alpha value is -2.63. The Morgan fingerprint density at radius 3 is 2.70 bits per heavy atom. The maximum Gasteiger partial charge on any atom is 0.289 e. The molecule has 1 amide bonds. The summed E-state index contributed by atoms with van der Waals surface area (Å²) in [6.45, 7) is 3.68. The van der Waals surface area contributed by atoms with Gasteiger partial charge in [0.05, 0.1) is 4.92 Å². The quantitative estimate of drug-likeness (QED) is 0.639. The van der Waals surface area contributed by atoms with Gasteiger partial charge in [0, 0.05) is 30.8 Å². The van der Waals surface area contributed by atoms with Gasteiger partial charge in [-0.25, -0.2) is 0 Å². The summed E-state index contributed by atoms with van der Waals surface area (Å²) < 4.78 is 5.63. The molecule has 0 atom stereocenters. The molecule has 0 unspecified atom stereocenters. The minimum absolute atomic E-state index is 0.00297. The zero-order valence-corrected chi connectivity index (χ0v) is 12.9. The first kappa shape index (κ1) is 15.3. The van der Waals surface area contributed by atoms with Crippen LogP contribution < -0.4 is 0 Å². The highest BCUT2D eigenvalue weighted by atomic mass is 16.6. The van der Waals surface area contributed by atoms with Crippen molar-refractivity contribution in [3.8, 4) is 11.3 Å². The zero-order valence-electron chi connectivity index (χ0n) is 12.9. The highest BCUT2D eigenvalue weighted by molar-refractivity contribution is 5.92. The molecular weight excluding hydrogens is 296 g/mol. The highest BCUT2D eigenvalue weighted by Crippen LogP contribution is 2.27. The van der Waals surface area contributed by atoms with Gasteiger partial charge in [-0.15, -0.1) is 0 Å². The van der Waals surface area contributed by atoms with Gasteiger partial charge in [-0.3, -0.25) is 14.9 Å². The number of benzene rings is 1. The molecule has 0 spiro atoms. The summed E-state index contributed by atoms with van der Waals surface area (Å²) in [5.74, 6) is 1.27. The van der Waals surface area contributed by atoms with Crippen LogP contribution in [0, 0.1) is 16.0 Å². The number of nitro groups is 1. The molecule has 120 valence electrons. The van der Waals surface area contributed by atoms with Crippen molar-refractivity contribution in [3.63, 3.8) is 0 Å². The summed E-state index contributed by atoms with van der Waals surface area (Å²) in [5.41, 5.74) is 0.585. The number of hydrogen-bond acceptors (Lipinski definition) is 4. The van der Waals surface area contributed by atoms with E-state index < -0.39 is 4.92 Å². The number of non-ortho nitro benzene ring substituents is 1. The number of amides is 1. The number of piperidine rings is 1. The fourth-order valence-corrected chi connectivity index (χ4v) is 2.75. The van der Waals surface area contributed by atoms with E-state index in [4.69, 9.17) is 4.42 Å². The molecule has 2 heterocycles. The van der Waals surface area contributed by atoms with Crippen LogP contribution in [-0.2, 0) is 0 Å². The van der Waals surface area contributed by atoms with Crippen molar-refractivity contribution in [3.05, 3.63) is 52.3 Å². The molecule has 0 saturated carbocycles. The number of carbonyl (C=O) groups excluding carboxylic acids is 1. The maximum atomic E-state index is 12.5. The van der Waals surface area contributed by atoms with E-state index in [1.54, 1.807) is 29.2 Å². The number of likely N-dealkylation sites (tertiary alicyclic amines) is 1. The molecule has 1 aliphatic heterocycles. The van der Waals surface area contributed by atoms with Gasteiger partial charge in [-0.2, -0.15) is 0 Å². The molecule has 1 aliphatic rings. The Morgan fingerprint density at radius 2 is 2.00 bits per heavy atom. The molecule has 1 aromatic heterocycles. The number of rotatable bonds is 3. The number of nitrogens with zero attached hydrogens (tertiary/aromatic N) is 2. The smallest absolute Gasteiger partial charge is 0.289 e. The van der Waals surface area contributed by atoms with Crippen LogP contribution in [0.25, 0.3) is 11.3 Å². The lowest BCUT2D eigenvalue weighted by Gasteiger charge is -2.29. The lowest BCUT2D eigenvalue weighted by atomic mass is 9.99. The number of nitro benzene ring substituents is 1. The van der Waals surface area contributed by atoms with Crippen LogP contribution >= 0.6 is 0 Å². The molecule has 2 aromatic rings. The van der Waals surface area contributed by atoms with E-state index in [1.807, 2.05) is 0 Å². The first-order chi connectivity index (χ1) is 11.0. The van der Waals surface area contributed by atoms with E-state index >= 15 is 0 Å². The largest absolute Gasteiger partial charge is 0.451 e. The third-order valence-corrected chi connectivity index (χ3v) is 4.23. The van der Waals surface area contributed by atoms with Gasteiger partial charge in [0.15, 0.2) is 5.76 Å². The molecular formula is C17H18N2O4. The van der Waals surface area contributed by atoms with E-state index in [0.717, 1.165) is 25.9 Å². The van der Waals surface area contributed by atoms with Gasteiger partial charge in [0.25, 0.3) is 11.6 Å². The van der Waals surface area contributed by atoms with Crippen molar-refractivity contribution in [2.75, 3.05) is 13.1 Å². The summed E-state index contributed by atoms with van der Waals surface area (Å²) in [5, 5.41) is 10.8. The van der Waals surface area contributed by atoms with E-state index in [1.165, 1.54) is 12.1 Å². The molecule has 0 radical (unpaired) electrons. The van der Waals surface area contributed by atoms with E-state index in [2.05, 4.69) is 6.92 Å². The monoisotopic (exact) mass is 314 g/mol. The van der Waals surface area contributed by atoms with Gasteiger partial charge >= 0.3 is 0 Å². The predicted octanol–water partition coefficient (Wildman–Crippen LogP) is 3.73. The molecule has 1 saturated heterocycles. The Balaban J connectivity index is 1.79. The zero-order chi connectivity index (χ0) is 16.4. The van der Waals surface area contributed by atoms with Gasteiger partial charge < -0.3 is 9.32 Å². The van der Waals surface area contributed by atoms with Crippen molar-refractivity contribution < 1.29 is 14.1 Å². The van der Waals surface area contributed by atoms with Gasteiger partial charge in [-0.05, 0) is 30.9 Å². The third kappa shape index (κ3) is 3.26. The second kappa shape index (κ2) is 6.24. The van der Waals surface area contributed by atoms with Crippen LogP contribution in [0.15, 0.2) is 40.8 Å². The first-order valence-electron chi connectivity index (χ1n) is 7.68. The van der Waals surface area contributed by atoms with E-state index in [-0.39, 0.29) is 17.4 Å². The van der Waals surface area contributed by atoms with E-state index in [9.17, 15) is 14.9 Å². The van der Waals surface area contributed by atoms with Gasteiger partial charge in [-0.1, -0.05) is 19.1 Å². The average molecular weight is 314 g/mol. The molecule has 6 nitrogen and oxygen atoms in total. The first-order valence-corrected chi connectivity index (χ1v) is 7.68. The van der Waals surface area contributed by atoms with Crippen LogP contribution in [0.4, 0.5) is 5.69 Å². The fourth-order valence-electron chi connectivity index (χ4n) is 2.75. The minimum atomic E-state index is -0.451. The normalized spacial score (nSPS) is 15.6. The Morgan fingerprint density at radius 1 is 1.26 bits per heavy atom. The van der Waals surface area contributed by atoms with Crippen LogP contribution in [0.3, 0.4) is 0 Å². The Bertz CT molecular complexity index is 730. The molecule has 3 rings (SSSR count). The molecule has 0 bridgehead atoms. The Labute approximate surface area is 133 Å². The van der Waals surface area contributed by atoms with Crippen LogP contribution in [0.1, 0.15) is 30.3 Å². The lowest BCUT2D eigenvalue weighted by molar-refractivity contribution is -0.384. The second-order valence-corrected chi connectivity index (χ2v) is 5.95. The third-order valence-electron chi connectivity index (χ3n) is 4.23. The number of hydrogen-bond donors (Lipinski definition) is 0. The van der Waals surface area contributed by atoms with E-state index in [0.29, 0.717) is 17.2 Å². The lowest BCUT2D eigenvalue weighted by Crippen LogP contribution is -2.37. The molecule has 1 aromatic carbocycles. The maximum absolute atomic E-state index is 12.5.